The van der Waals surface area contributed by atoms with E-state index in [1.165, 1.54) is 6.07 Å². The van der Waals surface area contributed by atoms with Gasteiger partial charge in [0.2, 0.25) is 0 Å². The number of rotatable bonds is 3. The number of aromatic amines is 1. The molecule has 3 nitrogen and oxygen atoms in total. The van der Waals surface area contributed by atoms with Crippen molar-refractivity contribution in [2.75, 3.05) is 0 Å². The predicted octanol–water partition coefficient (Wildman–Crippen LogP) is 4.26. The van der Waals surface area contributed by atoms with Gasteiger partial charge in [0.25, 0.3) is 5.56 Å². The average Bonchev–Trinajstić information content (AvgIpc) is 2.60. The normalized spacial score (nSPS) is 11.0. The zero-order chi connectivity index (χ0) is 15.6. The van der Waals surface area contributed by atoms with E-state index in [1.807, 2.05) is 66.7 Å². The predicted molar refractivity (Wildman–Crippen MR) is 92.8 cm³/mol. The molecular weight excluding hydrogens is 286 g/mol. The van der Waals surface area contributed by atoms with Crippen LogP contribution in [0.1, 0.15) is 5.56 Å². The monoisotopic (exact) mass is 301 g/mol. The molecule has 0 spiro atoms. The third-order valence-electron chi connectivity index (χ3n) is 3.94. The van der Waals surface area contributed by atoms with Gasteiger partial charge in [-0.1, -0.05) is 60.7 Å². The molecule has 112 valence electrons. The molecule has 0 fully saturated rings. The van der Waals surface area contributed by atoms with Crippen molar-refractivity contribution < 1.29 is 4.74 Å². The number of pyridine rings is 1. The van der Waals surface area contributed by atoms with Gasteiger partial charge < -0.3 is 9.72 Å². The highest BCUT2D eigenvalue weighted by molar-refractivity contribution is 6.06. The fraction of sp³-hybridized carbons (Fsp3) is 0.0500. The number of hydrogen-bond donors (Lipinski definition) is 1. The molecule has 0 aliphatic rings. The molecule has 0 saturated heterocycles. The van der Waals surface area contributed by atoms with Gasteiger partial charge in [0.15, 0.2) is 0 Å². The van der Waals surface area contributed by atoms with E-state index < -0.39 is 0 Å². The molecular formula is C20H15NO2. The lowest BCUT2D eigenvalue weighted by Crippen LogP contribution is -2.07. The summed E-state index contributed by atoms with van der Waals surface area (Å²) in [6, 6.07) is 23.5. The Labute approximate surface area is 133 Å². The molecule has 1 N–H and O–H groups in total. The minimum absolute atomic E-state index is 0.156. The van der Waals surface area contributed by atoms with Crippen LogP contribution in [0.15, 0.2) is 77.6 Å². The number of ether oxygens (including phenoxy) is 1. The van der Waals surface area contributed by atoms with Gasteiger partial charge in [-0.15, -0.1) is 0 Å². The molecule has 3 heteroatoms. The van der Waals surface area contributed by atoms with Crippen molar-refractivity contribution in [1.29, 1.82) is 0 Å². The van der Waals surface area contributed by atoms with Crippen LogP contribution in [0.2, 0.25) is 0 Å². The number of aromatic nitrogens is 1. The van der Waals surface area contributed by atoms with Gasteiger partial charge in [-0.2, -0.15) is 0 Å². The maximum Gasteiger partial charge on any atom is 0.252 e. The summed E-state index contributed by atoms with van der Waals surface area (Å²) in [5.41, 5.74) is 1.73. The van der Waals surface area contributed by atoms with Gasteiger partial charge in [-0.25, -0.2) is 0 Å². The van der Waals surface area contributed by atoms with E-state index in [-0.39, 0.29) is 5.56 Å². The Morgan fingerprint density at radius 2 is 1.61 bits per heavy atom. The van der Waals surface area contributed by atoms with Crippen LogP contribution in [-0.2, 0) is 6.61 Å². The second-order valence-electron chi connectivity index (χ2n) is 5.48. The number of fused-ring (bicyclic) bond motifs is 3. The molecule has 0 unspecified atom stereocenters. The minimum atomic E-state index is -0.156. The number of H-pyrrole nitrogens is 1. The Balaban J connectivity index is 1.83. The van der Waals surface area contributed by atoms with E-state index in [9.17, 15) is 4.79 Å². The number of hydrogen-bond acceptors (Lipinski definition) is 2. The van der Waals surface area contributed by atoms with E-state index in [4.69, 9.17) is 4.74 Å². The Bertz CT molecular complexity index is 1040. The van der Waals surface area contributed by atoms with Crippen molar-refractivity contribution >= 4 is 21.7 Å². The van der Waals surface area contributed by atoms with E-state index in [0.29, 0.717) is 12.4 Å². The van der Waals surface area contributed by atoms with Crippen LogP contribution in [0.5, 0.6) is 5.75 Å². The van der Waals surface area contributed by atoms with Gasteiger partial charge in [0.1, 0.15) is 12.4 Å². The van der Waals surface area contributed by atoms with Crippen molar-refractivity contribution in [3.8, 4) is 5.75 Å². The summed E-state index contributed by atoms with van der Waals surface area (Å²) in [4.78, 5) is 15.0. The molecule has 0 atom stereocenters. The summed E-state index contributed by atoms with van der Waals surface area (Å²) < 4.78 is 5.92. The largest absolute Gasteiger partial charge is 0.488 e. The van der Waals surface area contributed by atoms with Crippen molar-refractivity contribution in [2.45, 2.75) is 6.61 Å². The molecule has 0 bridgehead atoms. The first-order valence-electron chi connectivity index (χ1n) is 7.53. The summed E-state index contributed by atoms with van der Waals surface area (Å²) in [6.07, 6.45) is 0. The summed E-state index contributed by atoms with van der Waals surface area (Å²) in [5, 5.41) is 3.03. The second kappa shape index (κ2) is 5.61. The van der Waals surface area contributed by atoms with E-state index in [1.54, 1.807) is 0 Å². The molecule has 1 heterocycles. The first kappa shape index (κ1) is 13.6. The standard InChI is InChI=1S/C20H15NO2/c22-19-12-18(23-13-14-6-2-1-3-7-14)17-11-10-15-8-4-5-9-16(15)20(17)21-19/h1-12H,13H2,(H,21,22). The number of benzene rings is 3. The third-order valence-corrected chi connectivity index (χ3v) is 3.94. The SMILES string of the molecule is O=c1cc(OCc2ccccc2)c2ccc3ccccc3c2[nH]1. The first-order chi connectivity index (χ1) is 11.3. The van der Waals surface area contributed by atoms with Gasteiger partial charge in [-0.05, 0) is 17.0 Å². The van der Waals surface area contributed by atoms with Crippen LogP contribution in [0.3, 0.4) is 0 Å². The Kier molecular flexibility index (Phi) is 3.31. The van der Waals surface area contributed by atoms with Crippen molar-refractivity contribution in [2.24, 2.45) is 0 Å². The average molecular weight is 301 g/mol. The zero-order valence-corrected chi connectivity index (χ0v) is 12.5. The van der Waals surface area contributed by atoms with Gasteiger partial charge in [0.05, 0.1) is 5.52 Å². The Morgan fingerprint density at radius 1 is 0.826 bits per heavy atom. The van der Waals surface area contributed by atoms with Gasteiger partial charge in [-0.3, -0.25) is 4.79 Å². The minimum Gasteiger partial charge on any atom is -0.488 e. The summed E-state index contributed by atoms with van der Waals surface area (Å²) in [5.74, 6) is 0.610. The van der Waals surface area contributed by atoms with Gasteiger partial charge >= 0.3 is 0 Å². The summed E-state index contributed by atoms with van der Waals surface area (Å²) in [7, 11) is 0. The molecule has 1 aromatic heterocycles. The second-order valence-corrected chi connectivity index (χ2v) is 5.48. The quantitative estimate of drug-likeness (QED) is 0.574. The molecule has 0 aliphatic heterocycles. The fourth-order valence-corrected chi connectivity index (χ4v) is 2.82. The maximum absolute atomic E-state index is 12.0. The lowest BCUT2D eigenvalue weighted by molar-refractivity contribution is 0.309. The van der Waals surface area contributed by atoms with Crippen molar-refractivity contribution in [3.05, 3.63) is 88.7 Å². The highest BCUT2D eigenvalue weighted by Crippen LogP contribution is 2.29. The van der Waals surface area contributed by atoms with E-state index >= 15 is 0 Å². The summed E-state index contributed by atoms with van der Waals surface area (Å²) >= 11 is 0. The Morgan fingerprint density at radius 3 is 2.48 bits per heavy atom. The van der Waals surface area contributed by atoms with E-state index in [2.05, 4.69) is 4.98 Å². The molecule has 4 rings (SSSR count). The van der Waals surface area contributed by atoms with Crippen LogP contribution in [0, 0.1) is 0 Å². The van der Waals surface area contributed by atoms with Crippen LogP contribution in [-0.4, -0.2) is 4.98 Å². The highest BCUT2D eigenvalue weighted by Gasteiger charge is 2.08. The third kappa shape index (κ3) is 2.57. The molecule has 3 aromatic carbocycles. The smallest absolute Gasteiger partial charge is 0.252 e. The highest BCUT2D eigenvalue weighted by atomic mass is 16.5. The van der Waals surface area contributed by atoms with Crippen molar-refractivity contribution in [1.82, 2.24) is 4.98 Å². The first-order valence-corrected chi connectivity index (χ1v) is 7.53. The maximum atomic E-state index is 12.0. The molecule has 0 radical (unpaired) electrons. The number of nitrogens with one attached hydrogen (secondary N) is 1. The molecule has 4 aromatic rings. The van der Waals surface area contributed by atoms with Gasteiger partial charge in [0, 0.05) is 16.8 Å². The summed E-state index contributed by atoms with van der Waals surface area (Å²) in [6.45, 7) is 0.437. The van der Waals surface area contributed by atoms with Crippen molar-refractivity contribution in [3.63, 3.8) is 0 Å². The zero-order valence-electron chi connectivity index (χ0n) is 12.5. The fourth-order valence-electron chi connectivity index (χ4n) is 2.82. The lowest BCUT2D eigenvalue weighted by atomic mass is 10.1. The lowest BCUT2D eigenvalue weighted by Gasteiger charge is -2.10. The molecule has 23 heavy (non-hydrogen) atoms. The van der Waals surface area contributed by atoms with Crippen LogP contribution in [0.4, 0.5) is 0 Å². The van der Waals surface area contributed by atoms with Crippen LogP contribution < -0.4 is 10.3 Å². The van der Waals surface area contributed by atoms with Crippen LogP contribution in [0.25, 0.3) is 21.7 Å². The van der Waals surface area contributed by atoms with E-state index in [0.717, 1.165) is 27.2 Å². The topological polar surface area (TPSA) is 42.1 Å². The molecule has 0 saturated carbocycles. The van der Waals surface area contributed by atoms with Crippen LogP contribution >= 0.6 is 0 Å². The Hall–Kier alpha value is -3.07. The molecule has 0 aliphatic carbocycles. The molecule has 0 amide bonds.